The average Bonchev–Trinajstić information content (AvgIpc) is 3.32. The van der Waals surface area contributed by atoms with Gasteiger partial charge in [0.1, 0.15) is 6.61 Å². The first-order chi connectivity index (χ1) is 32.6. The zero-order valence-electron chi connectivity index (χ0n) is 44.0. The van der Waals surface area contributed by atoms with Gasteiger partial charge in [-0.05, 0) is 77.0 Å². The molecule has 5 heteroatoms. The van der Waals surface area contributed by atoms with Gasteiger partial charge in [0.05, 0.1) is 6.61 Å². The van der Waals surface area contributed by atoms with Crippen LogP contribution in [0.5, 0.6) is 0 Å². The van der Waals surface area contributed by atoms with Crippen LogP contribution < -0.4 is 0 Å². The zero-order chi connectivity index (χ0) is 47.7. The van der Waals surface area contributed by atoms with Gasteiger partial charge >= 0.3 is 11.9 Å². The van der Waals surface area contributed by atoms with E-state index in [1.165, 1.54) is 193 Å². The first-order valence-electron chi connectivity index (χ1n) is 28.8. The molecule has 1 atom stereocenters. The molecule has 0 aliphatic heterocycles. The standard InChI is InChI=1S/C61H110O5/c1-3-5-7-9-11-13-15-17-19-20-21-22-23-24-25-26-27-28-29-30-31-32-33-34-35-36-37-38-39-40-42-43-45-47-49-51-53-55-60(63)65-58-59(57-62)66-61(64)56-54-52-50-48-46-44-41-18-16-14-12-10-8-6-4-2/h6,8,12,14-15,17-18,20-21,41,59,62H,3-5,7,9-11,13,16,19,22-40,42-58H2,1-2H3/b8-6-,14-12-,17-15-,21-20-,41-18-. The Morgan fingerprint density at radius 2 is 0.652 bits per heavy atom. The molecule has 0 aromatic heterocycles. The summed E-state index contributed by atoms with van der Waals surface area (Å²) in [4.78, 5) is 24.4. The Bertz CT molecular complexity index is 1130. The molecule has 5 nitrogen and oxygen atoms in total. The van der Waals surface area contributed by atoms with Crippen molar-refractivity contribution in [3.63, 3.8) is 0 Å². The second-order valence-corrected chi connectivity index (χ2v) is 19.3. The molecule has 66 heavy (non-hydrogen) atoms. The maximum atomic E-state index is 12.2. The molecule has 384 valence electrons. The number of carbonyl (C=O) groups excluding carboxylic acids is 2. The highest BCUT2D eigenvalue weighted by Gasteiger charge is 2.16. The number of carbonyl (C=O) groups is 2. The highest BCUT2D eigenvalue weighted by molar-refractivity contribution is 5.70. The van der Waals surface area contributed by atoms with Crippen LogP contribution in [0.2, 0.25) is 0 Å². The van der Waals surface area contributed by atoms with Gasteiger partial charge < -0.3 is 14.6 Å². The zero-order valence-corrected chi connectivity index (χ0v) is 44.0. The molecule has 0 spiro atoms. The Hall–Kier alpha value is -2.40. The molecule has 1 N–H and O–H groups in total. The number of aliphatic hydroxyl groups excluding tert-OH is 1. The summed E-state index contributed by atoms with van der Waals surface area (Å²) in [5.41, 5.74) is 0. The first-order valence-corrected chi connectivity index (χ1v) is 28.8. The number of aliphatic hydroxyl groups is 1. The van der Waals surface area contributed by atoms with E-state index in [9.17, 15) is 14.7 Å². The number of rotatable bonds is 53. The lowest BCUT2D eigenvalue weighted by molar-refractivity contribution is -0.161. The van der Waals surface area contributed by atoms with Gasteiger partial charge in [-0.1, -0.05) is 267 Å². The van der Waals surface area contributed by atoms with Crippen molar-refractivity contribution in [3.8, 4) is 0 Å². The Kier molecular flexibility index (Phi) is 54.9. The normalized spacial score (nSPS) is 12.6. The average molecular weight is 924 g/mol. The van der Waals surface area contributed by atoms with Crippen molar-refractivity contribution >= 4 is 11.9 Å². The monoisotopic (exact) mass is 923 g/mol. The maximum Gasteiger partial charge on any atom is 0.306 e. The fourth-order valence-electron chi connectivity index (χ4n) is 8.49. The summed E-state index contributed by atoms with van der Waals surface area (Å²) in [6, 6.07) is 0. The van der Waals surface area contributed by atoms with Gasteiger partial charge in [-0.2, -0.15) is 0 Å². The third-order valence-corrected chi connectivity index (χ3v) is 12.8. The molecule has 1 unspecified atom stereocenters. The molecule has 0 bridgehead atoms. The van der Waals surface area contributed by atoms with Crippen LogP contribution in [-0.2, 0) is 19.1 Å². The van der Waals surface area contributed by atoms with E-state index in [2.05, 4.69) is 74.6 Å². The van der Waals surface area contributed by atoms with Crippen molar-refractivity contribution < 1.29 is 24.2 Å². The second-order valence-electron chi connectivity index (χ2n) is 19.3. The van der Waals surface area contributed by atoms with Crippen molar-refractivity contribution in [3.05, 3.63) is 60.8 Å². The molecule has 0 saturated heterocycles. The topological polar surface area (TPSA) is 72.8 Å². The summed E-state index contributed by atoms with van der Waals surface area (Å²) in [5.74, 6) is -0.601. The number of hydrogen-bond acceptors (Lipinski definition) is 5. The largest absolute Gasteiger partial charge is 0.462 e. The first kappa shape index (κ1) is 63.6. The fraction of sp³-hybridized carbons (Fsp3) is 0.803. The molecule has 0 amide bonds. The second kappa shape index (κ2) is 56.9. The molecular weight excluding hydrogens is 813 g/mol. The number of unbranched alkanes of at least 4 members (excludes halogenated alkanes) is 35. The minimum atomic E-state index is -0.781. The van der Waals surface area contributed by atoms with Crippen LogP contribution in [0.4, 0.5) is 0 Å². The van der Waals surface area contributed by atoms with Crippen LogP contribution in [0.25, 0.3) is 0 Å². The van der Waals surface area contributed by atoms with Gasteiger partial charge in [0, 0.05) is 12.8 Å². The van der Waals surface area contributed by atoms with E-state index in [0.29, 0.717) is 12.8 Å². The Balaban J connectivity index is 3.39. The van der Waals surface area contributed by atoms with E-state index in [4.69, 9.17) is 9.47 Å². The smallest absolute Gasteiger partial charge is 0.306 e. The summed E-state index contributed by atoms with van der Waals surface area (Å²) in [5, 5.41) is 9.62. The number of hydrogen-bond donors (Lipinski definition) is 1. The van der Waals surface area contributed by atoms with Gasteiger partial charge in [-0.25, -0.2) is 0 Å². The van der Waals surface area contributed by atoms with E-state index in [1.54, 1.807) is 0 Å². The Morgan fingerprint density at radius 3 is 0.985 bits per heavy atom. The molecule has 0 aromatic carbocycles. The van der Waals surface area contributed by atoms with Crippen molar-refractivity contribution in [2.24, 2.45) is 0 Å². The summed E-state index contributed by atoms with van der Waals surface area (Å²) >= 11 is 0. The summed E-state index contributed by atoms with van der Waals surface area (Å²) in [7, 11) is 0. The van der Waals surface area contributed by atoms with Gasteiger partial charge in [0.2, 0.25) is 0 Å². The Morgan fingerprint density at radius 1 is 0.364 bits per heavy atom. The van der Waals surface area contributed by atoms with Gasteiger partial charge in [0.25, 0.3) is 0 Å². The van der Waals surface area contributed by atoms with Crippen molar-refractivity contribution in [2.45, 2.75) is 302 Å². The molecule has 0 aliphatic carbocycles. The van der Waals surface area contributed by atoms with Crippen LogP contribution >= 0.6 is 0 Å². The lowest BCUT2D eigenvalue weighted by Crippen LogP contribution is -2.28. The van der Waals surface area contributed by atoms with E-state index in [0.717, 1.165) is 77.0 Å². The predicted molar refractivity (Wildman–Crippen MR) is 288 cm³/mol. The molecule has 0 fully saturated rings. The number of esters is 2. The lowest BCUT2D eigenvalue weighted by Gasteiger charge is -2.15. The molecule has 0 aliphatic rings. The third kappa shape index (κ3) is 54.2. The predicted octanol–water partition coefficient (Wildman–Crippen LogP) is 19.4. The molecule has 0 aromatic rings. The summed E-state index contributed by atoms with van der Waals surface area (Å²) in [6.45, 7) is 4.03. The van der Waals surface area contributed by atoms with E-state index in [1.807, 2.05) is 0 Å². The maximum absolute atomic E-state index is 12.2. The van der Waals surface area contributed by atoms with Gasteiger partial charge in [-0.15, -0.1) is 0 Å². The SMILES string of the molecule is CC/C=C\C/C=C\C/C=C\CCCCCCCC(=O)OC(CO)COC(=O)CCCCCCCCCCCCCCCCCCCCCCCCCCC/C=C\C/C=C\CCCCCCC. The van der Waals surface area contributed by atoms with Crippen LogP contribution in [-0.4, -0.2) is 36.4 Å². The van der Waals surface area contributed by atoms with Crippen LogP contribution in [0.1, 0.15) is 296 Å². The highest BCUT2D eigenvalue weighted by atomic mass is 16.6. The van der Waals surface area contributed by atoms with E-state index in [-0.39, 0.29) is 25.2 Å². The summed E-state index contributed by atoms with van der Waals surface area (Å²) < 4.78 is 10.7. The van der Waals surface area contributed by atoms with Gasteiger partial charge in [0.15, 0.2) is 6.10 Å². The summed E-state index contributed by atoms with van der Waals surface area (Å²) in [6.07, 6.45) is 76.5. The number of ether oxygens (including phenoxy) is 2. The molecule has 0 saturated carbocycles. The van der Waals surface area contributed by atoms with E-state index >= 15 is 0 Å². The highest BCUT2D eigenvalue weighted by Crippen LogP contribution is 2.17. The van der Waals surface area contributed by atoms with Crippen molar-refractivity contribution in [1.29, 1.82) is 0 Å². The fourth-order valence-corrected chi connectivity index (χ4v) is 8.49. The molecule has 0 radical (unpaired) electrons. The van der Waals surface area contributed by atoms with Gasteiger partial charge in [-0.3, -0.25) is 9.59 Å². The van der Waals surface area contributed by atoms with Crippen molar-refractivity contribution in [1.82, 2.24) is 0 Å². The van der Waals surface area contributed by atoms with Crippen LogP contribution in [0.3, 0.4) is 0 Å². The minimum Gasteiger partial charge on any atom is -0.462 e. The molecule has 0 heterocycles. The molecular formula is C61H110O5. The number of allylic oxidation sites excluding steroid dienone is 10. The van der Waals surface area contributed by atoms with Crippen LogP contribution in [0, 0.1) is 0 Å². The van der Waals surface area contributed by atoms with Crippen LogP contribution in [0.15, 0.2) is 60.8 Å². The molecule has 0 rings (SSSR count). The van der Waals surface area contributed by atoms with Crippen molar-refractivity contribution in [2.75, 3.05) is 13.2 Å². The minimum absolute atomic E-state index is 0.0713. The Labute approximate surface area is 411 Å². The lowest BCUT2D eigenvalue weighted by atomic mass is 10.0. The third-order valence-electron chi connectivity index (χ3n) is 12.8. The van der Waals surface area contributed by atoms with E-state index < -0.39 is 6.10 Å². The quantitative estimate of drug-likeness (QED) is 0.0374.